The number of urea groups is 1. The SMILES string of the molecule is CN(CC(=O)NC(=O)Nc1ccccc1F)Cc1ccc(F)cc1. The number of imide groups is 1. The van der Waals surface area contributed by atoms with E-state index in [1.165, 1.54) is 30.3 Å². The van der Waals surface area contributed by atoms with Gasteiger partial charge in [0.25, 0.3) is 0 Å². The topological polar surface area (TPSA) is 61.4 Å². The van der Waals surface area contributed by atoms with E-state index in [1.54, 1.807) is 30.1 Å². The van der Waals surface area contributed by atoms with Crippen LogP contribution in [0.5, 0.6) is 0 Å². The highest BCUT2D eigenvalue weighted by molar-refractivity contribution is 6.01. The van der Waals surface area contributed by atoms with Gasteiger partial charge in [-0.3, -0.25) is 15.0 Å². The molecule has 126 valence electrons. The van der Waals surface area contributed by atoms with Gasteiger partial charge in [0.1, 0.15) is 11.6 Å². The summed E-state index contributed by atoms with van der Waals surface area (Å²) < 4.78 is 26.2. The van der Waals surface area contributed by atoms with Crippen LogP contribution in [0.15, 0.2) is 48.5 Å². The van der Waals surface area contributed by atoms with Gasteiger partial charge in [0, 0.05) is 6.54 Å². The Kier molecular flexibility index (Phi) is 5.97. The Morgan fingerprint density at radius 3 is 2.38 bits per heavy atom. The van der Waals surface area contributed by atoms with Crippen molar-refractivity contribution in [3.63, 3.8) is 0 Å². The molecule has 0 spiro atoms. The van der Waals surface area contributed by atoms with Crippen LogP contribution in [0.1, 0.15) is 5.56 Å². The minimum Gasteiger partial charge on any atom is -0.305 e. The Hall–Kier alpha value is -2.80. The molecule has 2 aromatic carbocycles. The van der Waals surface area contributed by atoms with Crippen LogP contribution in [0.2, 0.25) is 0 Å². The molecule has 2 N–H and O–H groups in total. The zero-order valence-corrected chi connectivity index (χ0v) is 13.1. The highest BCUT2D eigenvalue weighted by Gasteiger charge is 2.12. The Morgan fingerprint density at radius 1 is 1.04 bits per heavy atom. The molecule has 5 nitrogen and oxygen atoms in total. The monoisotopic (exact) mass is 333 g/mol. The second kappa shape index (κ2) is 8.16. The first-order valence-electron chi connectivity index (χ1n) is 7.22. The molecular weight excluding hydrogens is 316 g/mol. The molecule has 0 atom stereocenters. The van der Waals surface area contributed by atoms with Crippen LogP contribution in [-0.4, -0.2) is 30.4 Å². The normalized spacial score (nSPS) is 10.5. The summed E-state index contributed by atoms with van der Waals surface area (Å²) in [6, 6.07) is 10.8. The lowest BCUT2D eigenvalue weighted by Crippen LogP contribution is -2.40. The average Bonchev–Trinajstić information content (AvgIpc) is 2.51. The summed E-state index contributed by atoms with van der Waals surface area (Å²) in [5, 5.41) is 4.39. The number of hydrogen-bond donors (Lipinski definition) is 2. The Labute approximate surface area is 138 Å². The third-order valence-electron chi connectivity index (χ3n) is 3.15. The summed E-state index contributed by atoms with van der Waals surface area (Å²) in [5.41, 5.74) is 0.824. The summed E-state index contributed by atoms with van der Waals surface area (Å²) in [6.45, 7) is 0.380. The number of benzene rings is 2. The van der Waals surface area contributed by atoms with Gasteiger partial charge in [0.2, 0.25) is 5.91 Å². The van der Waals surface area contributed by atoms with E-state index in [0.717, 1.165) is 5.56 Å². The van der Waals surface area contributed by atoms with E-state index in [0.29, 0.717) is 6.54 Å². The van der Waals surface area contributed by atoms with Gasteiger partial charge in [-0.2, -0.15) is 0 Å². The predicted molar refractivity (Wildman–Crippen MR) is 86.3 cm³/mol. The van der Waals surface area contributed by atoms with Gasteiger partial charge >= 0.3 is 6.03 Å². The van der Waals surface area contributed by atoms with E-state index in [9.17, 15) is 18.4 Å². The highest BCUT2D eigenvalue weighted by Crippen LogP contribution is 2.11. The molecule has 2 rings (SSSR count). The fourth-order valence-corrected chi connectivity index (χ4v) is 2.08. The highest BCUT2D eigenvalue weighted by atomic mass is 19.1. The van der Waals surface area contributed by atoms with Gasteiger partial charge in [-0.05, 0) is 36.9 Å². The van der Waals surface area contributed by atoms with Crippen molar-refractivity contribution in [1.29, 1.82) is 0 Å². The third kappa shape index (κ3) is 5.44. The predicted octanol–water partition coefficient (Wildman–Crippen LogP) is 2.74. The molecule has 2 aromatic rings. The zero-order chi connectivity index (χ0) is 17.5. The third-order valence-corrected chi connectivity index (χ3v) is 3.15. The van der Waals surface area contributed by atoms with Crippen LogP contribution in [0.4, 0.5) is 19.3 Å². The quantitative estimate of drug-likeness (QED) is 0.884. The molecule has 0 aliphatic rings. The fraction of sp³-hybridized carbons (Fsp3) is 0.176. The molecule has 3 amide bonds. The average molecular weight is 333 g/mol. The van der Waals surface area contributed by atoms with Crippen LogP contribution in [-0.2, 0) is 11.3 Å². The second-order valence-corrected chi connectivity index (χ2v) is 5.28. The number of para-hydroxylation sites is 1. The van der Waals surface area contributed by atoms with E-state index in [1.807, 2.05) is 0 Å². The molecule has 0 aromatic heterocycles. The van der Waals surface area contributed by atoms with Crippen LogP contribution in [0.25, 0.3) is 0 Å². The molecule has 0 fully saturated rings. The zero-order valence-electron chi connectivity index (χ0n) is 13.1. The molecule has 0 bridgehead atoms. The Morgan fingerprint density at radius 2 is 1.71 bits per heavy atom. The van der Waals surface area contributed by atoms with Gasteiger partial charge in [0.15, 0.2) is 0 Å². The van der Waals surface area contributed by atoms with Gasteiger partial charge in [0.05, 0.1) is 12.2 Å². The maximum atomic E-state index is 13.4. The van der Waals surface area contributed by atoms with E-state index >= 15 is 0 Å². The van der Waals surface area contributed by atoms with E-state index in [4.69, 9.17) is 0 Å². The lowest BCUT2D eigenvalue weighted by atomic mass is 10.2. The Bertz CT molecular complexity index is 720. The molecular formula is C17H17F2N3O2. The van der Waals surface area contributed by atoms with Crippen molar-refractivity contribution in [2.24, 2.45) is 0 Å². The number of carbonyl (C=O) groups is 2. The fourth-order valence-electron chi connectivity index (χ4n) is 2.08. The standard InChI is InChI=1S/C17H17F2N3O2/c1-22(10-12-6-8-13(18)9-7-12)11-16(23)21-17(24)20-15-5-3-2-4-14(15)19/h2-9H,10-11H2,1H3,(H2,20,21,23,24). The molecule has 7 heteroatoms. The van der Waals surface area contributed by atoms with Crippen molar-refractivity contribution in [1.82, 2.24) is 10.2 Å². The molecule has 0 saturated carbocycles. The first-order valence-corrected chi connectivity index (χ1v) is 7.22. The van der Waals surface area contributed by atoms with Gasteiger partial charge in [-0.15, -0.1) is 0 Å². The van der Waals surface area contributed by atoms with E-state index in [2.05, 4.69) is 10.6 Å². The number of carbonyl (C=O) groups excluding carboxylic acids is 2. The second-order valence-electron chi connectivity index (χ2n) is 5.28. The maximum absolute atomic E-state index is 13.4. The van der Waals surface area contributed by atoms with Crippen molar-refractivity contribution < 1.29 is 18.4 Å². The van der Waals surface area contributed by atoms with Crippen LogP contribution in [0.3, 0.4) is 0 Å². The number of anilines is 1. The lowest BCUT2D eigenvalue weighted by Gasteiger charge is -2.16. The summed E-state index contributed by atoms with van der Waals surface area (Å²) >= 11 is 0. The van der Waals surface area contributed by atoms with Crippen LogP contribution in [0, 0.1) is 11.6 Å². The molecule has 0 radical (unpaired) electrons. The van der Waals surface area contributed by atoms with Gasteiger partial charge in [-0.1, -0.05) is 24.3 Å². The number of amides is 3. The number of rotatable bonds is 5. The minimum atomic E-state index is -0.805. The van der Waals surface area contributed by atoms with Gasteiger partial charge in [-0.25, -0.2) is 13.6 Å². The maximum Gasteiger partial charge on any atom is 0.326 e. The largest absolute Gasteiger partial charge is 0.326 e. The first-order chi connectivity index (χ1) is 11.4. The van der Waals surface area contributed by atoms with Crippen molar-refractivity contribution in [2.45, 2.75) is 6.54 Å². The molecule has 0 saturated heterocycles. The number of halogens is 2. The van der Waals surface area contributed by atoms with E-state index in [-0.39, 0.29) is 18.0 Å². The summed E-state index contributed by atoms with van der Waals surface area (Å²) in [4.78, 5) is 25.2. The molecule has 0 aliphatic heterocycles. The van der Waals surface area contributed by atoms with Crippen molar-refractivity contribution in [2.75, 3.05) is 18.9 Å². The molecule has 24 heavy (non-hydrogen) atoms. The van der Waals surface area contributed by atoms with E-state index < -0.39 is 17.8 Å². The number of likely N-dealkylation sites (N-methyl/N-ethyl adjacent to an activating group) is 1. The molecule has 0 heterocycles. The number of nitrogens with zero attached hydrogens (tertiary/aromatic N) is 1. The lowest BCUT2D eigenvalue weighted by molar-refractivity contribution is -0.120. The van der Waals surface area contributed by atoms with Crippen molar-refractivity contribution in [3.8, 4) is 0 Å². The Balaban J connectivity index is 1.80. The molecule has 0 unspecified atom stereocenters. The van der Waals surface area contributed by atoms with Crippen molar-refractivity contribution >= 4 is 17.6 Å². The molecule has 0 aliphatic carbocycles. The summed E-state index contributed by atoms with van der Waals surface area (Å²) in [6.07, 6.45) is 0. The van der Waals surface area contributed by atoms with Crippen LogP contribution >= 0.6 is 0 Å². The van der Waals surface area contributed by atoms with Gasteiger partial charge < -0.3 is 5.32 Å². The first kappa shape index (κ1) is 17.6. The minimum absolute atomic E-state index is 0.0116. The van der Waals surface area contributed by atoms with Crippen LogP contribution < -0.4 is 10.6 Å². The summed E-state index contributed by atoms with van der Waals surface area (Å²) in [5.74, 6) is -1.45. The number of hydrogen-bond acceptors (Lipinski definition) is 3. The van der Waals surface area contributed by atoms with Crippen molar-refractivity contribution in [3.05, 3.63) is 65.7 Å². The summed E-state index contributed by atoms with van der Waals surface area (Å²) in [7, 11) is 1.69. The smallest absolute Gasteiger partial charge is 0.305 e. The number of nitrogens with one attached hydrogen (secondary N) is 2.